The fourth-order valence-corrected chi connectivity index (χ4v) is 10.6. The molecule has 0 saturated carbocycles. The summed E-state index contributed by atoms with van der Waals surface area (Å²) in [5.41, 5.74) is 2.00. The van der Waals surface area contributed by atoms with E-state index in [0.29, 0.717) is 54.6 Å². The summed E-state index contributed by atoms with van der Waals surface area (Å²) < 4.78 is 4.77. The molecule has 3 heterocycles. The number of carbonyl (C=O) groups excluding carboxylic acids is 3. The Bertz CT molecular complexity index is 1310. The second-order valence-corrected chi connectivity index (χ2v) is 14.3. The molecule has 8 nitrogen and oxygen atoms in total. The normalized spacial score (nSPS) is 27.7. The van der Waals surface area contributed by atoms with Crippen LogP contribution in [0.3, 0.4) is 0 Å². The smallest absolute Gasteiger partial charge is 0.248 e. The molecule has 3 N–H and O–H groups in total. The molecule has 3 fully saturated rings. The Morgan fingerprint density at radius 3 is 2.55 bits per heavy atom. The van der Waals surface area contributed by atoms with Crippen LogP contribution in [-0.4, -0.2) is 68.4 Å². The minimum absolute atomic E-state index is 0.0236. The van der Waals surface area contributed by atoms with Gasteiger partial charge in [0, 0.05) is 28.9 Å². The number of likely N-dealkylation sites (tertiary alicyclic amines) is 1. The van der Waals surface area contributed by atoms with Crippen LogP contribution >= 0.6 is 39.3 Å². The fourth-order valence-electron chi connectivity index (χ4n) is 6.73. The number of rotatable bonds is 12. The van der Waals surface area contributed by atoms with Gasteiger partial charge in [-0.3, -0.25) is 14.4 Å². The highest BCUT2D eigenvalue weighted by Gasteiger charge is 2.75. The number of thioether (sulfide) groups is 1. The number of unbranched alkanes of at least 4 members (excludes halogenated alkanes) is 3. The zero-order valence-corrected chi connectivity index (χ0v) is 26.9. The number of carbonyl (C=O) groups is 3. The first-order valence-electron chi connectivity index (χ1n) is 14.5. The predicted molar refractivity (Wildman–Crippen MR) is 171 cm³/mol. The molecule has 2 bridgehead atoms. The monoisotopic (exact) mass is 677 g/mol. The van der Waals surface area contributed by atoms with E-state index in [0.717, 1.165) is 18.4 Å². The molecule has 226 valence electrons. The van der Waals surface area contributed by atoms with Crippen molar-refractivity contribution < 1.29 is 24.2 Å². The average molecular weight is 679 g/mol. The minimum atomic E-state index is -0.749. The number of fused-ring (bicyclic) bond motifs is 1. The van der Waals surface area contributed by atoms with Gasteiger partial charge in [-0.15, -0.1) is 11.8 Å². The van der Waals surface area contributed by atoms with Crippen molar-refractivity contribution in [3.63, 3.8) is 0 Å². The van der Waals surface area contributed by atoms with E-state index in [4.69, 9.17) is 21.4 Å². The van der Waals surface area contributed by atoms with E-state index in [9.17, 15) is 14.4 Å². The van der Waals surface area contributed by atoms with Gasteiger partial charge in [-0.2, -0.15) is 0 Å². The highest BCUT2D eigenvalue weighted by Crippen LogP contribution is 2.67. The number of nitrogens with zero attached hydrogens (tertiary/aromatic N) is 1. The Labute approximate surface area is 264 Å². The number of halogens is 2. The first-order valence-corrected chi connectivity index (χ1v) is 16.7. The van der Waals surface area contributed by atoms with Crippen molar-refractivity contribution in [2.75, 3.05) is 30.4 Å². The van der Waals surface area contributed by atoms with Crippen molar-refractivity contribution in [3.05, 3.63) is 53.1 Å². The topological polar surface area (TPSA) is 108 Å². The number of ether oxygens (including phenoxy) is 1. The third-order valence-electron chi connectivity index (χ3n) is 8.55. The van der Waals surface area contributed by atoms with Gasteiger partial charge < -0.3 is 25.4 Å². The van der Waals surface area contributed by atoms with Crippen LogP contribution in [0.15, 0.2) is 42.5 Å². The van der Waals surface area contributed by atoms with E-state index < -0.39 is 22.6 Å². The number of anilines is 2. The van der Waals surface area contributed by atoms with E-state index in [1.54, 1.807) is 47.0 Å². The minimum Gasteiger partial charge on any atom is -0.494 e. The van der Waals surface area contributed by atoms with Crippen LogP contribution in [0.5, 0.6) is 5.75 Å². The lowest BCUT2D eigenvalue weighted by atomic mass is 9.70. The Hall–Kier alpha value is -2.27. The van der Waals surface area contributed by atoms with Crippen LogP contribution in [-0.2, 0) is 14.4 Å². The Balaban J connectivity index is 1.44. The van der Waals surface area contributed by atoms with Crippen molar-refractivity contribution in [2.45, 2.75) is 66.8 Å². The fraction of sp³-hybridized carbons (Fsp3) is 0.516. The van der Waals surface area contributed by atoms with Gasteiger partial charge in [0.05, 0.1) is 33.9 Å². The maximum atomic E-state index is 14.2. The molecule has 11 heteroatoms. The highest BCUT2D eigenvalue weighted by molar-refractivity contribution is 9.09. The number of hydrogen-bond acceptors (Lipinski definition) is 6. The predicted octanol–water partition coefficient (Wildman–Crippen LogP) is 5.64. The molecular weight excluding hydrogens is 642 g/mol. The summed E-state index contributed by atoms with van der Waals surface area (Å²) in [6.45, 7) is 4.88. The lowest BCUT2D eigenvalue weighted by Gasteiger charge is -2.35. The second-order valence-electron chi connectivity index (χ2n) is 11.2. The number of para-hydroxylation sites is 1. The van der Waals surface area contributed by atoms with Gasteiger partial charge in [0.25, 0.3) is 0 Å². The van der Waals surface area contributed by atoms with Gasteiger partial charge in [0.1, 0.15) is 11.8 Å². The third-order valence-corrected chi connectivity index (χ3v) is 12.1. The summed E-state index contributed by atoms with van der Waals surface area (Å²) in [4.78, 5) is 43.9. The second kappa shape index (κ2) is 13.2. The Kier molecular flexibility index (Phi) is 9.76. The Morgan fingerprint density at radius 2 is 1.86 bits per heavy atom. The summed E-state index contributed by atoms with van der Waals surface area (Å²) in [5, 5.41) is 15.5. The standard InChI is InChI=1S/C31H37BrClN3O5S/c1-3-41-20-13-11-19(12-14-20)34-28(38)23-24-30(40)36(15-6-4-5-7-16-37)27(31(24)17-21(32)26(23)42-31)29(39)35-25-18(2)9-8-10-22(25)33/h8-14,21,23-24,26-27,37H,3-7,15-17H2,1-2H3,(H,34,38)(H,35,39)/t21?,23-,24+,26-,27?,31?/m1/s1. The molecular formula is C31H37BrClN3O5S. The molecule has 42 heavy (non-hydrogen) atoms. The number of hydrogen-bond donors (Lipinski definition) is 3. The van der Waals surface area contributed by atoms with Crippen LogP contribution in [0.4, 0.5) is 11.4 Å². The van der Waals surface area contributed by atoms with Gasteiger partial charge in [0.15, 0.2) is 0 Å². The number of aliphatic hydroxyl groups excluding tert-OH is 1. The van der Waals surface area contributed by atoms with Crippen LogP contribution in [0, 0.1) is 18.8 Å². The summed E-state index contributed by atoms with van der Waals surface area (Å²) in [6, 6.07) is 11.9. The van der Waals surface area contributed by atoms with E-state index in [2.05, 4.69) is 26.6 Å². The van der Waals surface area contributed by atoms with Gasteiger partial charge in [-0.1, -0.05) is 52.5 Å². The maximum Gasteiger partial charge on any atom is 0.248 e. The lowest BCUT2D eigenvalue weighted by molar-refractivity contribution is -0.138. The third kappa shape index (κ3) is 5.79. The van der Waals surface area contributed by atoms with E-state index in [-0.39, 0.29) is 34.4 Å². The first-order chi connectivity index (χ1) is 20.2. The van der Waals surface area contributed by atoms with Crippen molar-refractivity contribution >= 4 is 68.4 Å². The summed E-state index contributed by atoms with van der Waals surface area (Å²) in [7, 11) is 0. The van der Waals surface area contributed by atoms with Gasteiger partial charge in [-0.05, 0) is 69.0 Å². The number of aliphatic hydroxyl groups is 1. The van der Waals surface area contributed by atoms with Crippen molar-refractivity contribution in [3.8, 4) is 5.75 Å². The number of alkyl halides is 1. The van der Waals surface area contributed by atoms with Crippen molar-refractivity contribution in [1.82, 2.24) is 4.90 Å². The molecule has 0 radical (unpaired) electrons. The molecule has 3 aliphatic rings. The SMILES string of the molecule is CCOc1ccc(NC(=O)[C@H]2[C@@H]3SC4(CC3Br)C(C(=O)Nc3c(C)cccc3Cl)N(CCCCCCO)C(=O)[C@H]24)cc1. The number of aryl methyl sites for hydroxylation is 1. The molecule has 3 saturated heterocycles. The molecule has 5 rings (SSSR count). The quantitative estimate of drug-likeness (QED) is 0.198. The maximum absolute atomic E-state index is 14.2. The van der Waals surface area contributed by atoms with E-state index >= 15 is 0 Å². The summed E-state index contributed by atoms with van der Waals surface area (Å²) in [6.07, 6.45) is 3.69. The molecule has 2 aromatic rings. The highest BCUT2D eigenvalue weighted by atomic mass is 79.9. The average Bonchev–Trinajstić information content (AvgIpc) is 3.55. The summed E-state index contributed by atoms with van der Waals surface area (Å²) in [5.74, 6) is -1.14. The van der Waals surface area contributed by atoms with Crippen molar-refractivity contribution in [1.29, 1.82) is 0 Å². The van der Waals surface area contributed by atoms with Gasteiger partial charge in [0.2, 0.25) is 17.7 Å². The van der Waals surface area contributed by atoms with Crippen LogP contribution < -0.4 is 15.4 Å². The molecule has 2 aromatic carbocycles. The number of amides is 3. The molecule has 3 unspecified atom stereocenters. The number of nitrogens with one attached hydrogen (secondary N) is 2. The first kappa shape index (κ1) is 31.2. The molecule has 6 atom stereocenters. The molecule has 0 aromatic heterocycles. The molecule has 1 spiro atoms. The molecule has 3 amide bonds. The Morgan fingerprint density at radius 1 is 1.12 bits per heavy atom. The van der Waals surface area contributed by atoms with Gasteiger partial charge in [-0.25, -0.2) is 0 Å². The number of benzene rings is 2. The van der Waals surface area contributed by atoms with Crippen LogP contribution in [0.2, 0.25) is 5.02 Å². The lowest BCUT2D eigenvalue weighted by Crippen LogP contribution is -2.52. The van der Waals surface area contributed by atoms with E-state index in [1.165, 1.54) is 0 Å². The van der Waals surface area contributed by atoms with Crippen molar-refractivity contribution in [2.24, 2.45) is 11.8 Å². The summed E-state index contributed by atoms with van der Waals surface area (Å²) >= 11 is 11.9. The van der Waals surface area contributed by atoms with Crippen LogP contribution in [0.25, 0.3) is 0 Å². The molecule has 3 aliphatic heterocycles. The zero-order chi connectivity index (χ0) is 30.0. The van der Waals surface area contributed by atoms with Crippen LogP contribution in [0.1, 0.15) is 44.6 Å². The zero-order valence-electron chi connectivity index (χ0n) is 23.8. The van der Waals surface area contributed by atoms with E-state index in [1.807, 2.05) is 26.0 Å². The molecule has 0 aliphatic carbocycles. The largest absolute Gasteiger partial charge is 0.494 e. The van der Waals surface area contributed by atoms with Gasteiger partial charge >= 0.3 is 0 Å².